The highest BCUT2D eigenvalue weighted by Crippen LogP contribution is 2.35. The third-order valence-corrected chi connectivity index (χ3v) is 3.96. The van der Waals surface area contributed by atoms with Crippen molar-refractivity contribution in [3.63, 3.8) is 0 Å². The van der Waals surface area contributed by atoms with E-state index in [9.17, 15) is 14.7 Å². The van der Waals surface area contributed by atoms with Gasteiger partial charge in [-0.15, -0.1) is 0 Å². The number of aromatic hydroxyl groups is 1. The number of phenols is 1. The first-order chi connectivity index (χ1) is 9.04. The predicted molar refractivity (Wildman–Crippen MR) is 75.7 cm³/mol. The summed E-state index contributed by atoms with van der Waals surface area (Å²) in [5.41, 5.74) is 0.539. The van der Waals surface area contributed by atoms with Gasteiger partial charge in [-0.3, -0.25) is 14.5 Å². The van der Waals surface area contributed by atoms with Crippen molar-refractivity contribution in [3.8, 4) is 5.75 Å². The molecule has 1 fully saturated rings. The molecule has 100 valence electrons. The van der Waals surface area contributed by atoms with Crippen LogP contribution in [0.1, 0.15) is 25.8 Å². The molecule has 2 rings (SSSR count). The summed E-state index contributed by atoms with van der Waals surface area (Å²) in [7, 11) is 0. The molecule has 1 aliphatic rings. The van der Waals surface area contributed by atoms with Crippen molar-refractivity contribution in [2.75, 3.05) is 0 Å². The maximum Gasteiger partial charge on any atom is 0.293 e. The largest absolute Gasteiger partial charge is 0.507 e. The first-order valence-corrected chi connectivity index (χ1v) is 6.91. The molecule has 0 aliphatic carbocycles. The van der Waals surface area contributed by atoms with E-state index < -0.39 is 0 Å². The summed E-state index contributed by atoms with van der Waals surface area (Å²) in [6, 6.07) is 6.61. The lowest BCUT2D eigenvalue weighted by molar-refractivity contribution is -0.124. The molecular formula is C14H15NO3S. The number of thioether (sulfide) groups is 1. The summed E-state index contributed by atoms with van der Waals surface area (Å²) in [5, 5.41) is 9.43. The zero-order valence-electron chi connectivity index (χ0n) is 10.8. The zero-order chi connectivity index (χ0) is 14.0. The molecule has 1 aromatic rings. The Bertz CT molecular complexity index is 553. The maximum absolute atomic E-state index is 12.2. The van der Waals surface area contributed by atoms with E-state index in [4.69, 9.17) is 0 Å². The van der Waals surface area contributed by atoms with Crippen LogP contribution in [0.3, 0.4) is 0 Å². The van der Waals surface area contributed by atoms with Crippen LogP contribution >= 0.6 is 11.8 Å². The van der Waals surface area contributed by atoms with Gasteiger partial charge in [0.15, 0.2) is 0 Å². The molecule has 0 radical (unpaired) electrons. The van der Waals surface area contributed by atoms with Gasteiger partial charge in [0.05, 0.1) is 4.91 Å². The molecule has 1 aromatic carbocycles. The van der Waals surface area contributed by atoms with Crippen LogP contribution in [0.25, 0.3) is 6.08 Å². The molecule has 1 aliphatic heterocycles. The number of amides is 2. The second kappa shape index (κ2) is 5.48. The fraction of sp³-hybridized carbons (Fsp3) is 0.286. The van der Waals surface area contributed by atoms with E-state index in [2.05, 4.69) is 0 Å². The molecule has 0 saturated carbocycles. The summed E-state index contributed by atoms with van der Waals surface area (Å²) >= 11 is 0.916. The lowest BCUT2D eigenvalue weighted by atomic mass is 10.1. The molecule has 4 nitrogen and oxygen atoms in total. The van der Waals surface area contributed by atoms with Crippen LogP contribution in [0.5, 0.6) is 5.75 Å². The molecule has 1 saturated heterocycles. The minimum Gasteiger partial charge on any atom is -0.507 e. The zero-order valence-corrected chi connectivity index (χ0v) is 11.6. The summed E-state index contributed by atoms with van der Waals surface area (Å²) in [6.45, 7) is 3.78. The standard InChI is InChI=1S/C14H15NO3S/c1-3-9(2)15-13(17)12(19-14(15)18)8-10-6-4-5-7-11(10)16/h4-9,16H,3H2,1-2H3/b12-8+/t9-/m0/s1. The van der Waals surface area contributed by atoms with E-state index in [0.29, 0.717) is 10.5 Å². The van der Waals surface area contributed by atoms with Gasteiger partial charge in [-0.05, 0) is 37.2 Å². The van der Waals surface area contributed by atoms with Crippen molar-refractivity contribution < 1.29 is 14.7 Å². The number of para-hydroxylation sites is 1. The van der Waals surface area contributed by atoms with Gasteiger partial charge in [0.1, 0.15) is 5.75 Å². The van der Waals surface area contributed by atoms with Crippen molar-refractivity contribution in [2.45, 2.75) is 26.3 Å². The third kappa shape index (κ3) is 2.66. The monoisotopic (exact) mass is 277 g/mol. The Morgan fingerprint density at radius 3 is 2.68 bits per heavy atom. The Kier molecular flexibility index (Phi) is 3.95. The van der Waals surface area contributed by atoms with Crippen LogP contribution in [0.4, 0.5) is 4.79 Å². The van der Waals surface area contributed by atoms with Crippen LogP contribution < -0.4 is 0 Å². The predicted octanol–water partition coefficient (Wildman–Crippen LogP) is 3.23. The number of imide groups is 1. The van der Waals surface area contributed by atoms with Gasteiger partial charge in [-0.1, -0.05) is 25.1 Å². The lowest BCUT2D eigenvalue weighted by Gasteiger charge is -2.19. The molecule has 1 atom stereocenters. The molecule has 19 heavy (non-hydrogen) atoms. The smallest absolute Gasteiger partial charge is 0.293 e. The summed E-state index contributed by atoms with van der Waals surface area (Å²) in [5.74, 6) is -0.189. The van der Waals surface area contributed by atoms with Crippen LogP contribution in [0.2, 0.25) is 0 Å². The Hall–Kier alpha value is -1.75. The minimum absolute atomic E-state index is 0.0952. The Morgan fingerprint density at radius 2 is 2.05 bits per heavy atom. The number of hydrogen-bond acceptors (Lipinski definition) is 4. The number of carbonyl (C=O) groups excluding carboxylic acids is 2. The average molecular weight is 277 g/mol. The lowest BCUT2D eigenvalue weighted by Crippen LogP contribution is -2.36. The van der Waals surface area contributed by atoms with Crippen LogP contribution in [0.15, 0.2) is 29.2 Å². The van der Waals surface area contributed by atoms with E-state index in [0.717, 1.165) is 18.2 Å². The number of carbonyl (C=O) groups is 2. The summed E-state index contributed by atoms with van der Waals surface area (Å²) in [6.07, 6.45) is 2.28. The molecular weight excluding hydrogens is 262 g/mol. The fourth-order valence-corrected chi connectivity index (χ4v) is 2.71. The topological polar surface area (TPSA) is 57.6 Å². The maximum atomic E-state index is 12.2. The Morgan fingerprint density at radius 1 is 1.37 bits per heavy atom. The van der Waals surface area contributed by atoms with Gasteiger partial charge < -0.3 is 5.11 Å². The second-order valence-corrected chi connectivity index (χ2v) is 5.36. The van der Waals surface area contributed by atoms with E-state index in [1.54, 1.807) is 30.3 Å². The molecule has 5 heteroatoms. The van der Waals surface area contributed by atoms with Gasteiger partial charge in [0.25, 0.3) is 11.1 Å². The number of benzene rings is 1. The molecule has 0 spiro atoms. The number of rotatable bonds is 3. The van der Waals surface area contributed by atoms with Crippen molar-refractivity contribution >= 4 is 29.0 Å². The van der Waals surface area contributed by atoms with Crippen molar-refractivity contribution in [3.05, 3.63) is 34.7 Å². The average Bonchev–Trinajstić information content (AvgIpc) is 2.66. The molecule has 0 unspecified atom stereocenters. The number of phenolic OH excluding ortho intramolecular Hbond substituents is 1. The molecule has 0 aromatic heterocycles. The highest BCUT2D eigenvalue weighted by atomic mass is 32.2. The highest BCUT2D eigenvalue weighted by Gasteiger charge is 2.37. The normalized spacial score (nSPS) is 19.3. The molecule has 2 amide bonds. The van der Waals surface area contributed by atoms with Crippen molar-refractivity contribution in [2.24, 2.45) is 0 Å². The quantitative estimate of drug-likeness (QED) is 0.862. The summed E-state index contributed by atoms with van der Waals surface area (Å²) in [4.78, 5) is 25.6. The van der Waals surface area contributed by atoms with Crippen molar-refractivity contribution in [1.29, 1.82) is 0 Å². The second-order valence-electron chi connectivity index (χ2n) is 4.37. The molecule has 1 heterocycles. The van der Waals surface area contributed by atoms with Gasteiger partial charge in [-0.25, -0.2) is 0 Å². The summed E-state index contributed by atoms with van der Waals surface area (Å²) < 4.78 is 0. The minimum atomic E-state index is -0.285. The molecule has 1 N–H and O–H groups in total. The highest BCUT2D eigenvalue weighted by molar-refractivity contribution is 8.18. The van der Waals surface area contributed by atoms with Crippen LogP contribution in [0, 0.1) is 0 Å². The van der Waals surface area contributed by atoms with Gasteiger partial charge in [0, 0.05) is 11.6 Å². The molecule has 0 bridgehead atoms. The Balaban J connectivity index is 2.31. The Labute approximate surface area is 116 Å². The third-order valence-electron chi connectivity index (χ3n) is 3.08. The van der Waals surface area contributed by atoms with Gasteiger partial charge >= 0.3 is 0 Å². The van der Waals surface area contributed by atoms with E-state index in [1.165, 1.54) is 4.90 Å². The van der Waals surface area contributed by atoms with E-state index in [1.807, 2.05) is 13.8 Å². The van der Waals surface area contributed by atoms with E-state index in [-0.39, 0.29) is 22.9 Å². The van der Waals surface area contributed by atoms with Gasteiger partial charge in [-0.2, -0.15) is 0 Å². The first kappa shape index (κ1) is 13.7. The SMILES string of the molecule is CC[C@H](C)N1C(=O)S/C(=C/c2ccccc2O)C1=O. The first-order valence-electron chi connectivity index (χ1n) is 6.09. The number of hydrogen-bond donors (Lipinski definition) is 1. The fourth-order valence-electron chi connectivity index (χ4n) is 1.79. The van der Waals surface area contributed by atoms with Crippen molar-refractivity contribution in [1.82, 2.24) is 4.90 Å². The van der Waals surface area contributed by atoms with E-state index >= 15 is 0 Å². The van der Waals surface area contributed by atoms with Gasteiger partial charge in [0.2, 0.25) is 0 Å². The number of nitrogens with zero attached hydrogens (tertiary/aromatic N) is 1. The van der Waals surface area contributed by atoms with Crippen LogP contribution in [-0.2, 0) is 4.79 Å². The van der Waals surface area contributed by atoms with Crippen LogP contribution in [-0.4, -0.2) is 27.2 Å².